The summed E-state index contributed by atoms with van der Waals surface area (Å²) in [6, 6.07) is 12.3. The Hall–Kier alpha value is -5.16. The van der Waals surface area contributed by atoms with E-state index in [4.69, 9.17) is 47.1 Å². The molecule has 0 saturated carbocycles. The lowest BCUT2D eigenvalue weighted by Gasteiger charge is -2.33. The number of aryl methyl sites for hydroxylation is 2. The first-order valence-corrected chi connectivity index (χ1v) is 21.7. The average Bonchev–Trinajstić information content (AvgIpc) is 3.20. The van der Waals surface area contributed by atoms with Gasteiger partial charge in [0.2, 0.25) is 0 Å². The number of alkyl halides is 3. The van der Waals surface area contributed by atoms with Gasteiger partial charge >= 0.3 is 13.8 Å². The summed E-state index contributed by atoms with van der Waals surface area (Å²) in [7, 11) is 2.69. The summed E-state index contributed by atoms with van der Waals surface area (Å²) in [4.78, 5) is 8.78. The smallest absolute Gasteiger partial charge is 0.430 e. The first-order valence-electron chi connectivity index (χ1n) is 18.9. The zero-order valence-corrected chi connectivity index (χ0v) is 36.8. The zero-order chi connectivity index (χ0) is 45.9. The minimum absolute atomic E-state index is 0. The van der Waals surface area contributed by atoms with Crippen molar-refractivity contribution in [3.8, 4) is 11.5 Å². The molecule has 0 fully saturated rings. The predicted octanol–water partition coefficient (Wildman–Crippen LogP) is 4.05. The van der Waals surface area contributed by atoms with Crippen LogP contribution in [0, 0.1) is 24.1 Å². The van der Waals surface area contributed by atoms with E-state index in [1.807, 2.05) is 39.2 Å². The summed E-state index contributed by atoms with van der Waals surface area (Å²) in [6.45, 7) is 4.11. The van der Waals surface area contributed by atoms with Crippen LogP contribution >= 0.6 is 7.60 Å². The van der Waals surface area contributed by atoms with E-state index in [1.165, 1.54) is 53.4 Å². The van der Waals surface area contributed by atoms with Gasteiger partial charge in [-0.25, -0.2) is 27.8 Å². The molecule has 13 nitrogen and oxygen atoms in total. The van der Waals surface area contributed by atoms with Crippen LogP contribution in [0.2, 0.25) is 0 Å². The van der Waals surface area contributed by atoms with Crippen LogP contribution in [0.1, 0.15) is 55.4 Å². The van der Waals surface area contributed by atoms with Gasteiger partial charge < -0.3 is 28.4 Å². The number of hydrogen-bond donors (Lipinski definition) is 0. The van der Waals surface area contributed by atoms with Crippen molar-refractivity contribution in [3.05, 3.63) is 140 Å². The fourth-order valence-corrected chi connectivity index (χ4v) is 8.70. The Labute approximate surface area is 366 Å². The summed E-state index contributed by atoms with van der Waals surface area (Å²) in [5, 5.41) is 9.41. The molecule has 63 heavy (non-hydrogen) atoms. The molecule has 0 unspecified atom stereocenters. The topological polar surface area (TPSA) is 192 Å². The zero-order valence-electron chi connectivity index (χ0n) is 35.2. The lowest BCUT2D eigenvalue weighted by atomic mass is 9.83. The van der Waals surface area contributed by atoms with Crippen molar-refractivity contribution >= 4 is 36.4 Å². The van der Waals surface area contributed by atoms with Crippen LogP contribution in [0.3, 0.4) is 0 Å². The molecule has 2 aromatic carbocycles. The highest BCUT2D eigenvalue weighted by Gasteiger charge is 2.41. The molecule has 0 atom stereocenters. The van der Waals surface area contributed by atoms with E-state index in [0.717, 1.165) is 70.9 Å². The van der Waals surface area contributed by atoms with Gasteiger partial charge in [-0.1, -0.05) is 31.7 Å². The van der Waals surface area contributed by atoms with Crippen molar-refractivity contribution in [2.45, 2.75) is 53.1 Å². The third kappa shape index (κ3) is 12.1. The molecular weight excluding hydrogens is 868 g/mol. The van der Waals surface area contributed by atoms with Gasteiger partial charge in [-0.2, -0.15) is 13.2 Å². The largest absolute Gasteiger partial charge is 0.542 e. The van der Waals surface area contributed by atoms with Gasteiger partial charge in [0.25, 0.3) is 0 Å². The number of ether oxygens (including phenoxy) is 2. The summed E-state index contributed by atoms with van der Waals surface area (Å²) in [6.07, 6.45) is 13.8. The molecule has 0 bridgehead atoms. The van der Waals surface area contributed by atoms with E-state index in [1.54, 1.807) is 0 Å². The van der Waals surface area contributed by atoms with E-state index >= 15 is 0 Å². The second-order valence-electron chi connectivity index (χ2n) is 14.9. The molecule has 0 radical (unpaired) electrons. The Kier molecular flexibility index (Phi) is 16.1. The normalized spacial score (nSPS) is 16.9. The number of carbonyl (C=O) groups excluding carboxylic acids is 1. The highest BCUT2D eigenvalue weighted by molar-refractivity contribution is 7.65. The third-order valence-corrected chi connectivity index (χ3v) is 12.2. The Balaban J connectivity index is 0.000000221. The standard InChI is InChI=1S/C22H25NO4P.C20H20NO.C2HF3O2.CH4.ClHO4/c1-14-6-9-18-20(12-14)27-21-17-11-8-16(23(2)3)13-15(17)7-10-19(21)22(18)28(24,25-4)26-5;1-13-4-5-15-11-16-7-6-14-12-17(21(2)3)8-9-18(14)20(16)22-19(15)10-13;3-2(4,5)1(6)7;;2-1(3,4)5/h6,8-9,11-13H,7,10H2,1-5H3;4-5,8-12H,6-7H2,1-3H3;(H,6,7);1H4;(H,2,3,4,5)/q2*+1;;;/p-2. The SMILES string of the molecule is C.COP(=O)(OC)C1=C2CCC3=CC(=[N+](C)C)C=CC3=C2Oc2cc(C)ccc21.Cc1ccc2c(c1)OC1=C3C=CC(=[N+](C)C)C=C3CCC1=C2.O=C([O-])C(F)(F)F.[O-][Cl+3]([O-])([O-])[O-]. The number of rotatable bonds is 3. The molecule has 338 valence electrons. The Bertz CT molecular complexity index is 2530. The fraction of sp³-hybridized carbons (Fsp3) is 0.311. The molecule has 18 heteroatoms. The maximum atomic E-state index is 13.5. The summed E-state index contributed by atoms with van der Waals surface area (Å²) in [5.41, 5.74) is 13.8. The minimum Gasteiger partial charge on any atom is -0.542 e. The van der Waals surface area contributed by atoms with E-state index < -0.39 is 30.0 Å². The van der Waals surface area contributed by atoms with E-state index in [0.29, 0.717) is 11.1 Å². The van der Waals surface area contributed by atoms with Gasteiger partial charge in [-0.3, -0.25) is 4.57 Å². The van der Waals surface area contributed by atoms with Crippen molar-refractivity contribution in [2.24, 2.45) is 0 Å². The summed E-state index contributed by atoms with van der Waals surface area (Å²) < 4.78 is 107. The van der Waals surface area contributed by atoms with Crippen LogP contribution in [0.5, 0.6) is 11.5 Å². The Morgan fingerprint density at radius 3 is 1.65 bits per heavy atom. The quantitative estimate of drug-likeness (QED) is 0.319. The second kappa shape index (κ2) is 20.1. The number of aliphatic carboxylic acids is 1. The Morgan fingerprint density at radius 1 is 0.714 bits per heavy atom. The van der Waals surface area contributed by atoms with Crippen molar-refractivity contribution < 1.29 is 84.2 Å². The molecule has 0 spiro atoms. The van der Waals surface area contributed by atoms with Crippen LogP contribution in [-0.2, 0) is 18.4 Å². The molecule has 0 saturated heterocycles. The maximum absolute atomic E-state index is 13.5. The number of halogens is 4. The van der Waals surface area contributed by atoms with Crippen molar-refractivity contribution in [3.63, 3.8) is 0 Å². The van der Waals surface area contributed by atoms with Gasteiger partial charge in [0.15, 0.2) is 11.4 Å². The molecule has 0 amide bonds. The van der Waals surface area contributed by atoms with Gasteiger partial charge in [0.1, 0.15) is 57.2 Å². The monoisotopic (exact) mass is 916 g/mol. The van der Waals surface area contributed by atoms with E-state index in [9.17, 15) is 17.7 Å². The molecule has 2 aliphatic heterocycles. The highest BCUT2D eigenvalue weighted by Crippen LogP contribution is 2.65. The maximum Gasteiger partial charge on any atom is 0.430 e. The first-order chi connectivity index (χ1) is 28.9. The van der Waals surface area contributed by atoms with Gasteiger partial charge in [-0.05, 0) is 97.7 Å². The van der Waals surface area contributed by atoms with Crippen molar-refractivity contribution in [1.82, 2.24) is 0 Å². The number of allylic oxidation sites excluding steroid dienone is 12. The van der Waals surface area contributed by atoms with Crippen LogP contribution in [0.4, 0.5) is 13.2 Å². The van der Waals surface area contributed by atoms with Crippen molar-refractivity contribution in [2.75, 3.05) is 42.4 Å². The van der Waals surface area contributed by atoms with Crippen LogP contribution in [0.25, 0.3) is 11.4 Å². The lowest BCUT2D eigenvalue weighted by molar-refractivity contribution is -2.00. The van der Waals surface area contributed by atoms with E-state index in [-0.39, 0.29) is 7.43 Å². The molecule has 2 heterocycles. The van der Waals surface area contributed by atoms with Crippen LogP contribution < -0.4 is 33.2 Å². The van der Waals surface area contributed by atoms with Gasteiger partial charge in [0.05, 0.1) is 5.31 Å². The minimum atomic E-state index is -5.19. The molecule has 0 aromatic heterocycles. The molecular formula is C45H49ClF3N2O11P. The number of carboxylic acids is 1. The average molecular weight is 917 g/mol. The number of hydrogen-bond acceptors (Lipinski definition) is 11. The second-order valence-corrected chi connectivity index (χ2v) is 17.8. The lowest BCUT2D eigenvalue weighted by Crippen LogP contribution is -2.68. The molecule has 6 aliphatic rings. The van der Waals surface area contributed by atoms with Gasteiger partial charge in [0, 0.05) is 66.4 Å². The number of carboxylic acid groups (broad SMARTS) is 1. The van der Waals surface area contributed by atoms with Crippen LogP contribution in [0.15, 0.2) is 118 Å². The predicted molar refractivity (Wildman–Crippen MR) is 219 cm³/mol. The third-order valence-electron chi connectivity index (χ3n) is 10.2. The van der Waals surface area contributed by atoms with Gasteiger partial charge in [-0.15, -0.1) is 10.2 Å². The molecule has 4 aliphatic carbocycles. The number of benzene rings is 2. The fourth-order valence-electron chi connectivity index (χ4n) is 7.16. The molecule has 0 N–H and O–H groups in total. The summed E-state index contributed by atoms with van der Waals surface area (Å²) in [5.74, 6) is 0.460. The summed E-state index contributed by atoms with van der Waals surface area (Å²) >= 11 is 0. The number of nitrogens with zero attached hydrogens (tertiary/aromatic N) is 2. The Morgan fingerprint density at radius 2 is 1.16 bits per heavy atom. The number of carbonyl (C=O) groups is 1. The van der Waals surface area contributed by atoms with Crippen molar-refractivity contribution in [1.29, 1.82) is 0 Å². The number of fused-ring (bicyclic) bond motifs is 6. The first kappa shape index (κ1) is 50.5. The van der Waals surface area contributed by atoms with E-state index in [2.05, 4.69) is 90.9 Å². The molecule has 8 rings (SSSR count). The highest BCUT2D eigenvalue weighted by atomic mass is 35.7. The molecule has 2 aromatic rings. The van der Waals surface area contributed by atoms with Crippen LogP contribution in [-0.4, -0.2) is 75.1 Å².